The van der Waals surface area contributed by atoms with Crippen molar-refractivity contribution in [2.24, 2.45) is 0 Å². The number of sulfonamides is 1. The van der Waals surface area contributed by atoms with Crippen molar-refractivity contribution in [2.45, 2.75) is 4.90 Å². The molecule has 9 nitrogen and oxygen atoms in total. The summed E-state index contributed by atoms with van der Waals surface area (Å²) in [6.07, 6.45) is 2.04. The molecule has 0 unspecified atom stereocenters. The minimum Gasteiger partial charge on any atom is -0.368 e. The maximum Gasteiger partial charge on any atom is 0.247 e. The van der Waals surface area contributed by atoms with E-state index < -0.39 is 34.9 Å². The number of piperazine rings is 1. The molecule has 2 heterocycles. The average Bonchev–Trinajstić information content (AvgIpc) is 2.28. The van der Waals surface area contributed by atoms with Crippen LogP contribution >= 0.6 is 0 Å². The number of imide groups is 1. The molecule has 0 bridgehead atoms. The van der Waals surface area contributed by atoms with Crippen molar-refractivity contribution in [1.82, 2.24) is 19.6 Å². The third-order valence-electron chi connectivity index (χ3n) is 2.20. The number of hydrogen-bond donors (Lipinski definition) is 2. The maximum absolute atomic E-state index is 12.1. The van der Waals surface area contributed by atoms with Gasteiger partial charge in [0.05, 0.1) is 25.5 Å². The summed E-state index contributed by atoms with van der Waals surface area (Å²) in [5, 5.41) is 2.01. The number of carbonyl (C=O) groups is 2. The predicted molar refractivity (Wildman–Crippen MR) is 58.4 cm³/mol. The molecular weight excluding hydrogens is 262 g/mol. The highest BCUT2D eigenvalue weighted by atomic mass is 32.2. The number of rotatable bonds is 2. The number of nitrogen functional groups attached to an aromatic ring is 1. The van der Waals surface area contributed by atoms with Gasteiger partial charge in [-0.05, 0) is 0 Å². The molecule has 96 valence electrons. The van der Waals surface area contributed by atoms with E-state index in [-0.39, 0.29) is 10.8 Å². The Bertz CT molecular complexity index is 580. The molecule has 1 fully saturated rings. The lowest BCUT2D eigenvalue weighted by Crippen LogP contribution is -2.53. The summed E-state index contributed by atoms with van der Waals surface area (Å²) in [5.74, 6) is -1.42. The topological polar surface area (TPSA) is 135 Å². The van der Waals surface area contributed by atoms with Crippen molar-refractivity contribution in [3.05, 3.63) is 12.4 Å². The third kappa shape index (κ3) is 2.28. The molecule has 18 heavy (non-hydrogen) atoms. The normalized spacial score (nSPS) is 17.6. The minimum atomic E-state index is -3.97. The van der Waals surface area contributed by atoms with E-state index in [2.05, 4.69) is 9.97 Å². The summed E-state index contributed by atoms with van der Waals surface area (Å²) in [6.45, 7) is -0.836. The number of nitrogens with one attached hydrogen (secondary N) is 1. The van der Waals surface area contributed by atoms with E-state index in [9.17, 15) is 18.0 Å². The lowest BCUT2D eigenvalue weighted by Gasteiger charge is -2.24. The number of aromatic nitrogens is 2. The molecular formula is C8H9N5O4S. The van der Waals surface area contributed by atoms with E-state index >= 15 is 0 Å². The van der Waals surface area contributed by atoms with Crippen molar-refractivity contribution < 1.29 is 18.0 Å². The zero-order valence-electron chi connectivity index (χ0n) is 9.03. The van der Waals surface area contributed by atoms with Crippen LogP contribution in [0.2, 0.25) is 0 Å². The highest BCUT2D eigenvalue weighted by Crippen LogP contribution is 2.14. The summed E-state index contributed by atoms with van der Waals surface area (Å²) in [4.78, 5) is 29.1. The summed E-state index contributed by atoms with van der Waals surface area (Å²) in [7, 11) is -3.97. The van der Waals surface area contributed by atoms with Crippen LogP contribution in [-0.2, 0) is 19.6 Å². The van der Waals surface area contributed by atoms with E-state index in [1.807, 2.05) is 5.32 Å². The van der Waals surface area contributed by atoms with Crippen LogP contribution in [0, 0.1) is 0 Å². The zero-order valence-corrected chi connectivity index (χ0v) is 9.85. The monoisotopic (exact) mass is 271 g/mol. The van der Waals surface area contributed by atoms with Gasteiger partial charge in [0.2, 0.25) is 27.8 Å². The second-order valence-electron chi connectivity index (χ2n) is 3.52. The molecule has 0 aliphatic carbocycles. The highest BCUT2D eigenvalue weighted by molar-refractivity contribution is 7.89. The molecule has 10 heteroatoms. The fourth-order valence-electron chi connectivity index (χ4n) is 1.39. The number of nitrogens with zero attached hydrogens (tertiary/aromatic N) is 3. The van der Waals surface area contributed by atoms with Gasteiger partial charge in [-0.25, -0.2) is 18.4 Å². The van der Waals surface area contributed by atoms with Gasteiger partial charge in [-0.2, -0.15) is 4.31 Å². The summed E-state index contributed by atoms with van der Waals surface area (Å²) in [5.41, 5.74) is 5.24. The van der Waals surface area contributed by atoms with Crippen molar-refractivity contribution in [3.63, 3.8) is 0 Å². The van der Waals surface area contributed by atoms with Crippen molar-refractivity contribution >= 4 is 27.8 Å². The smallest absolute Gasteiger partial charge is 0.247 e. The second kappa shape index (κ2) is 4.31. The van der Waals surface area contributed by atoms with Gasteiger partial charge in [-0.3, -0.25) is 14.9 Å². The molecule has 1 aromatic heterocycles. The van der Waals surface area contributed by atoms with Crippen molar-refractivity contribution in [2.75, 3.05) is 18.8 Å². The van der Waals surface area contributed by atoms with E-state index in [4.69, 9.17) is 5.73 Å². The predicted octanol–water partition coefficient (Wildman–Crippen LogP) is -2.29. The quantitative estimate of drug-likeness (QED) is 0.577. The number of hydrogen-bond acceptors (Lipinski definition) is 7. The van der Waals surface area contributed by atoms with Gasteiger partial charge < -0.3 is 5.73 Å². The lowest BCUT2D eigenvalue weighted by molar-refractivity contribution is -0.134. The summed E-state index contributed by atoms with van der Waals surface area (Å²) < 4.78 is 24.9. The SMILES string of the molecule is Nc1ncc(S(=O)(=O)N2CC(=O)NC(=O)C2)cn1. The van der Waals surface area contributed by atoms with Crippen LogP contribution in [-0.4, -0.2) is 47.6 Å². The Labute approximate surface area is 102 Å². The molecule has 1 aliphatic rings. The van der Waals surface area contributed by atoms with Gasteiger partial charge in [0.15, 0.2) is 0 Å². The van der Waals surface area contributed by atoms with Crippen LogP contribution in [0.5, 0.6) is 0 Å². The van der Waals surface area contributed by atoms with Crippen LogP contribution in [0.15, 0.2) is 17.3 Å². The van der Waals surface area contributed by atoms with Crippen LogP contribution < -0.4 is 11.1 Å². The molecule has 1 saturated heterocycles. The highest BCUT2D eigenvalue weighted by Gasteiger charge is 2.33. The van der Waals surface area contributed by atoms with Gasteiger partial charge in [0, 0.05) is 0 Å². The molecule has 2 rings (SSSR count). The van der Waals surface area contributed by atoms with E-state index in [0.29, 0.717) is 0 Å². The second-order valence-corrected chi connectivity index (χ2v) is 5.46. The van der Waals surface area contributed by atoms with Crippen LogP contribution in [0.1, 0.15) is 0 Å². The lowest BCUT2D eigenvalue weighted by atomic mass is 10.4. The molecule has 1 aliphatic heterocycles. The largest absolute Gasteiger partial charge is 0.368 e. The Morgan fingerprint density at radius 2 is 1.67 bits per heavy atom. The molecule has 0 aromatic carbocycles. The summed E-state index contributed by atoms with van der Waals surface area (Å²) >= 11 is 0. The van der Waals surface area contributed by atoms with Gasteiger partial charge in [0.25, 0.3) is 0 Å². The molecule has 3 N–H and O–H groups in total. The van der Waals surface area contributed by atoms with Crippen LogP contribution in [0.4, 0.5) is 5.95 Å². The van der Waals surface area contributed by atoms with Gasteiger partial charge in [0.1, 0.15) is 4.90 Å². The van der Waals surface area contributed by atoms with Gasteiger partial charge in [-0.1, -0.05) is 0 Å². The number of amides is 2. The van der Waals surface area contributed by atoms with Crippen LogP contribution in [0.3, 0.4) is 0 Å². The molecule has 0 radical (unpaired) electrons. The van der Waals surface area contributed by atoms with Crippen molar-refractivity contribution in [3.8, 4) is 0 Å². The number of carbonyl (C=O) groups excluding carboxylic acids is 2. The molecule has 0 saturated carbocycles. The first kappa shape index (κ1) is 12.4. The molecule has 1 aromatic rings. The van der Waals surface area contributed by atoms with Gasteiger partial charge >= 0.3 is 0 Å². The van der Waals surface area contributed by atoms with Crippen LogP contribution in [0.25, 0.3) is 0 Å². The Kier molecular flexibility index (Phi) is 2.97. The minimum absolute atomic E-state index is 0.0681. The number of nitrogens with two attached hydrogens (primary N) is 1. The standard InChI is InChI=1S/C8H9N5O4S/c9-8-10-1-5(2-11-8)18(16,17)13-3-6(14)12-7(15)4-13/h1-2H,3-4H2,(H2,9,10,11)(H,12,14,15). The molecule has 0 spiro atoms. The zero-order chi connectivity index (χ0) is 13.3. The first-order valence-corrected chi connectivity index (χ1v) is 6.24. The van der Waals surface area contributed by atoms with Crippen molar-refractivity contribution in [1.29, 1.82) is 0 Å². The third-order valence-corrected chi connectivity index (χ3v) is 3.95. The fourth-order valence-corrected chi connectivity index (χ4v) is 2.63. The average molecular weight is 271 g/mol. The Balaban J connectivity index is 2.33. The Hall–Kier alpha value is -2.07. The Morgan fingerprint density at radius 1 is 1.17 bits per heavy atom. The number of anilines is 1. The molecule has 0 atom stereocenters. The summed E-state index contributed by atoms with van der Waals surface area (Å²) in [6, 6.07) is 0. The maximum atomic E-state index is 12.1. The fraction of sp³-hybridized carbons (Fsp3) is 0.250. The Morgan fingerprint density at radius 3 is 2.17 bits per heavy atom. The first-order chi connectivity index (χ1) is 8.39. The van der Waals surface area contributed by atoms with E-state index in [0.717, 1.165) is 16.7 Å². The van der Waals surface area contributed by atoms with E-state index in [1.165, 1.54) is 0 Å². The van der Waals surface area contributed by atoms with E-state index in [1.54, 1.807) is 0 Å². The first-order valence-electron chi connectivity index (χ1n) is 4.80. The molecule has 2 amide bonds. The van der Waals surface area contributed by atoms with Gasteiger partial charge in [-0.15, -0.1) is 0 Å².